The molecule has 1 aliphatic carbocycles. The molecule has 0 amide bonds. The molecule has 1 unspecified atom stereocenters. The number of H-pyrrole nitrogens is 1. The van der Waals surface area contributed by atoms with Gasteiger partial charge in [0.05, 0.1) is 19.4 Å². The molecule has 2 aromatic rings. The zero-order valence-corrected chi connectivity index (χ0v) is 15.3. The molecule has 2 aliphatic heterocycles. The van der Waals surface area contributed by atoms with Gasteiger partial charge in [-0.05, 0) is 42.9 Å². The summed E-state index contributed by atoms with van der Waals surface area (Å²) in [6, 6.07) is 4.45. The van der Waals surface area contributed by atoms with Crippen LogP contribution in [0.2, 0.25) is 0 Å². The number of nitrogens with one attached hydrogen (secondary N) is 1. The Balaban J connectivity index is 1.29. The lowest BCUT2D eigenvalue weighted by molar-refractivity contribution is 0.0341. The summed E-state index contributed by atoms with van der Waals surface area (Å²) in [5.74, 6) is 1.11. The molecule has 6 heteroatoms. The van der Waals surface area contributed by atoms with Crippen LogP contribution in [0.5, 0.6) is 0 Å². The maximum absolute atomic E-state index is 5.43. The van der Waals surface area contributed by atoms with Gasteiger partial charge in [-0.2, -0.15) is 5.10 Å². The monoisotopic (exact) mass is 353 g/mol. The third kappa shape index (κ3) is 2.91. The van der Waals surface area contributed by atoms with E-state index in [-0.39, 0.29) is 5.41 Å². The fourth-order valence-corrected chi connectivity index (χ4v) is 4.91. The normalized spacial score (nSPS) is 26.4. The van der Waals surface area contributed by atoms with E-state index in [0.29, 0.717) is 0 Å². The van der Waals surface area contributed by atoms with Crippen LogP contribution in [0.3, 0.4) is 0 Å². The van der Waals surface area contributed by atoms with E-state index in [1.54, 1.807) is 0 Å². The summed E-state index contributed by atoms with van der Waals surface area (Å²) in [4.78, 5) is 9.72. The van der Waals surface area contributed by atoms with E-state index < -0.39 is 0 Å². The molecule has 6 nitrogen and oxygen atoms in total. The third-order valence-electron chi connectivity index (χ3n) is 6.34. The highest BCUT2D eigenvalue weighted by atomic mass is 16.5. The summed E-state index contributed by atoms with van der Waals surface area (Å²) >= 11 is 0. The van der Waals surface area contributed by atoms with Crippen molar-refractivity contribution in [2.24, 2.45) is 0 Å². The highest BCUT2D eigenvalue weighted by Crippen LogP contribution is 2.44. The zero-order chi connectivity index (χ0) is 17.4. The Morgan fingerprint density at radius 3 is 2.88 bits per heavy atom. The first-order chi connectivity index (χ1) is 12.8. The van der Waals surface area contributed by atoms with Crippen LogP contribution in [0.15, 0.2) is 24.5 Å². The predicted molar refractivity (Wildman–Crippen MR) is 100 cm³/mol. The van der Waals surface area contributed by atoms with Crippen LogP contribution in [-0.4, -0.2) is 59.5 Å². The van der Waals surface area contributed by atoms with E-state index >= 15 is 0 Å². The molecule has 5 rings (SSSR count). The van der Waals surface area contributed by atoms with Gasteiger partial charge >= 0.3 is 0 Å². The second kappa shape index (κ2) is 6.67. The van der Waals surface area contributed by atoms with Crippen LogP contribution >= 0.6 is 0 Å². The number of hydrogen-bond acceptors (Lipinski definition) is 5. The number of pyridine rings is 1. The lowest BCUT2D eigenvalue weighted by Gasteiger charge is -2.41. The lowest BCUT2D eigenvalue weighted by Crippen LogP contribution is -2.45. The van der Waals surface area contributed by atoms with Crippen LogP contribution < -0.4 is 4.90 Å². The standard InChI is InChI=1S/C20H27N5O/c1-5-20(6-4-17-13-22-23-19(17)20)15-25(7-1)18-3-2-16(12-21-18)14-24-8-10-26-11-9-24/h2-3,12-13H,1,4-11,14-15H2,(H,22,23). The third-order valence-corrected chi connectivity index (χ3v) is 6.34. The fourth-order valence-electron chi connectivity index (χ4n) is 4.91. The average molecular weight is 353 g/mol. The summed E-state index contributed by atoms with van der Waals surface area (Å²) < 4.78 is 5.43. The smallest absolute Gasteiger partial charge is 0.128 e. The van der Waals surface area contributed by atoms with Crippen molar-refractivity contribution in [2.45, 2.75) is 37.6 Å². The van der Waals surface area contributed by atoms with Gasteiger partial charge in [-0.1, -0.05) is 6.07 Å². The van der Waals surface area contributed by atoms with Crippen LogP contribution in [-0.2, 0) is 23.1 Å². The van der Waals surface area contributed by atoms with Crippen molar-refractivity contribution < 1.29 is 4.74 Å². The maximum atomic E-state index is 5.43. The van der Waals surface area contributed by atoms with E-state index in [1.165, 1.54) is 36.1 Å². The van der Waals surface area contributed by atoms with Crippen molar-refractivity contribution in [2.75, 3.05) is 44.3 Å². The van der Waals surface area contributed by atoms with E-state index in [2.05, 4.69) is 38.3 Å². The van der Waals surface area contributed by atoms with Gasteiger partial charge in [-0.15, -0.1) is 0 Å². The van der Waals surface area contributed by atoms with Crippen molar-refractivity contribution in [3.63, 3.8) is 0 Å². The Morgan fingerprint density at radius 1 is 1.12 bits per heavy atom. The Kier molecular flexibility index (Phi) is 4.17. The van der Waals surface area contributed by atoms with Gasteiger partial charge in [0.25, 0.3) is 0 Å². The molecule has 1 atom stereocenters. The molecule has 2 aromatic heterocycles. The Hall–Kier alpha value is -1.92. The largest absolute Gasteiger partial charge is 0.379 e. The van der Waals surface area contributed by atoms with Crippen molar-refractivity contribution in [1.82, 2.24) is 20.1 Å². The molecule has 26 heavy (non-hydrogen) atoms. The molecule has 3 aliphatic rings. The lowest BCUT2D eigenvalue weighted by atomic mass is 9.77. The van der Waals surface area contributed by atoms with Crippen molar-refractivity contribution in [3.05, 3.63) is 41.3 Å². The molecular weight excluding hydrogens is 326 g/mol. The van der Waals surface area contributed by atoms with Gasteiger partial charge in [-0.25, -0.2) is 4.98 Å². The Morgan fingerprint density at radius 2 is 2.04 bits per heavy atom. The fraction of sp³-hybridized carbons (Fsp3) is 0.600. The summed E-state index contributed by atoms with van der Waals surface area (Å²) in [6.45, 7) is 6.84. The van der Waals surface area contributed by atoms with Crippen molar-refractivity contribution >= 4 is 5.82 Å². The van der Waals surface area contributed by atoms with Gasteiger partial charge in [-0.3, -0.25) is 10.00 Å². The molecule has 1 N–H and O–H groups in total. The van der Waals surface area contributed by atoms with E-state index in [4.69, 9.17) is 9.72 Å². The van der Waals surface area contributed by atoms with Gasteiger partial charge in [0.15, 0.2) is 0 Å². The number of nitrogens with zero attached hydrogens (tertiary/aromatic N) is 4. The van der Waals surface area contributed by atoms with Gasteiger partial charge in [0.1, 0.15) is 5.82 Å². The highest BCUT2D eigenvalue weighted by molar-refractivity contribution is 5.44. The maximum Gasteiger partial charge on any atom is 0.128 e. The minimum absolute atomic E-state index is 0.248. The second-order valence-electron chi connectivity index (χ2n) is 7.99. The molecule has 1 spiro atoms. The first kappa shape index (κ1) is 16.3. The summed E-state index contributed by atoms with van der Waals surface area (Å²) in [5, 5.41) is 7.58. The van der Waals surface area contributed by atoms with Crippen LogP contribution in [0, 0.1) is 0 Å². The van der Waals surface area contributed by atoms with E-state index in [9.17, 15) is 0 Å². The summed E-state index contributed by atoms with van der Waals surface area (Å²) in [5.41, 5.74) is 4.34. The minimum Gasteiger partial charge on any atom is -0.379 e. The Bertz CT molecular complexity index is 752. The molecule has 0 saturated carbocycles. The molecule has 0 aromatic carbocycles. The van der Waals surface area contributed by atoms with Crippen LogP contribution in [0.1, 0.15) is 36.1 Å². The van der Waals surface area contributed by atoms with Crippen LogP contribution in [0.4, 0.5) is 5.82 Å². The predicted octanol–water partition coefficient (Wildman–Crippen LogP) is 2.12. The summed E-state index contributed by atoms with van der Waals surface area (Å²) in [7, 11) is 0. The second-order valence-corrected chi connectivity index (χ2v) is 7.99. The SMILES string of the molecule is c1cc(N2CCCC3(CCc4cn[nH]c43)C2)ncc1CN1CCOCC1. The van der Waals surface area contributed by atoms with Gasteiger partial charge in [0, 0.05) is 50.0 Å². The number of anilines is 1. The zero-order valence-electron chi connectivity index (χ0n) is 15.3. The number of morpholine rings is 1. The van der Waals surface area contributed by atoms with E-state index in [1.807, 2.05) is 6.20 Å². The number of aryl methyl sites for hydroxylation is 1. The number of hydrogen-bond donors (Lipinski definition) is 1. The van der Waals surface area contributed by atoms with Crippen LogP contribution in [0.25, 0.3) is 0 Å². The molecule has 138 valence electrons. The molecule has 2 saturated heterocycles. The quantitative estimate of drug-likeness (QED) is 0.916. The first-order valence-corrected chi connectivity index (χ1v) is 9.85. The molecule has 2 fully saturated rings. The highest BCUT2D eigenvalue weighted by Gasteiger charge is 2.43. The number of fused-ring (bicyclic) bond motifs is 2. The van der Waals surface area contributed by atoms with E-state index in [0.717, 1.165) is 58.2 Å². The van der Waals surface area contributed by atoms with Gasteiger partial charge in [0.2, 0.25) is 0 Å². The van der Waals surface area contributed by atoms with Crippen molar-refractivity contribution in [3.8, 4) is 0 Å². The van der Waals surface area contributed by atoms with Crippen molar-refractivity contribution in [1.29, 1.82) is 0 Å². The molecule has 4 heterocycles. The van der Waals surface area contributed by atoms with Gasteiger partial charge < -0.3 is 9.64 Å². The number of ether oxygens (including phenoxy) is 1. The number of piperidine rings is 1. The first-order valence-electron chi connectivity index (χ1n) is 9.85. The Labute approximate surface area is 154 Å². The number of aromatic nitrogens is 3. The molecule has 0 bridgehead atoms. The number of rotatable bonds is 3. The minimum atomic E-state index is 0.248. The number of aromatic amines is 1. The average Bonchev–Trinajstić information content (AvgIpc) is 3.28. The summed E-state index contributed by atoms with van der Waals surface area (Å²) in [6.07, 6.45) is 8.95. The molecular formula is C20H27N5O. The topological polar surface area (TPSA) is 57.3 Å². The molecule has 0 radical (unpaired) electrons.